The van der Waals surface area contributed by atoms with Crippen molar-refractivity contribution in [2.45, 2.75) is 130 Å². The second-order valence-corrected chi connectivity index (χ2v) is 47.6. The molecule has 0 aromatic carbocycles. The lowest BCUT2D eigenvalue weighted by Gasteiger charge is -2.40. The van der Waals surface area contributed by atoms with Gasteiger partial charge in [0.25, 0.3) is 10.0 Å². The van der Waals surface area contributed by atoms with Crippen molar-refractivity contribution in [2.24, 2.45) is 5.41 Å². The van der Waals surface area contributed by atoms with Crippen LogP contribution in [0.1, 0.15) is 12.8 Å². The third kappa shape index (κ3) is 24.2. The van der Waals surface area contributed by atoms with Crippen LogP contribution in [0.2, 0.25) is 117 Å². The zero-order valence-corrected chi connectivity index (χ0v) is 40.4. The Kier molecular flexibility index (Phi) is 19.6. The van der Waals surface area contributed by atoms with Crippen LogP contribution in [0.5, 0.6) is 0 Å². The van der Waals surface area contributed by atoms with Crippen LogP contribution < -0.4 is 0 Å². The SMILES string of the molecule is C[Si](C)(C)O[SiH2]O[Si](C)(C)O[Si](C)(C)CCCOCC(CO)(CO)COCCC[Si](C)(C)O[Si](C)(C)O[Si](C)(C)O[Si](C)(C)C. The van der Waals surface area contributed by atoms with Gasteiger partial charge in [-0.2, -0.15) is 0 Å². The highest BCUT2D eigenvalue weighted by Crippen LogP contribution is 2.27. The molecular formula is C27H72O10Si8. The lowest BCUT2D eigenvalue weighted by molar-refractivity contribution is -0.0767. The second kappa shape index (κ2) is 19.1. The van der Waals surface area contributed by atoms with E-state index in [4.69, 9.17) is 34.2 Å². The summed E-state index contributed by atoms with van der Waals surface area (Å²) in [4.78, 5) is 0. The predicted octanol–water partition coefficient (Wildman–Crippen LogP) is 6.05. The molecule has 0 aromatic heterocycles. The van der Waals surface area contributed by atoms with E-state index in [-0.39, 0.29) is 26.4 Å². The summed E-state index contributed by atoms with van der Waals surface area (Å²) in [5, 5.41) is 20.2. The van der Waals surface area contributed by atoms with Crippen LogP contribution in [0, 0.1) is 5.41 Å². The summed E-state index contributed by atoms with van der Waals surface area (Å²) >= 11 is 0. The van der Waals surface area contributed by atoms with E-state index >= 15 is 0 Å². The minimum Gasteiger partial charge on any atom is -0.441 e. The second-order valence-electron chi connectivity index (χ2n) is 16.9. The fraction of sp³-hybridized carbons (Fsp3) is 1.00. The van der Waals surface area contributed by atoms with Crippen molar-refractivity contribution in [2.75, 3.05) is 39.6 Å². The molecule has 45 heavy (non-hydrogen) atoms. The van der Waals surface area contributed by atoms with Crippen molar-refractivity contribution >= 4 is 69.0 Å². The Balaban J connectivity index is 4.60. The first kappa shape index (κ1) is 46.3. The molecule has 272 valence electrons. The van der Waals surface area contributed by atoms with Crippen molar-refractivity contribution in [3.63, 3.8) is 0 Å². The molecule has 0 saturated carbocycles. The van der Waals surface area contributed by atoms with Crippen LogP contribution in [0.3, 0.4) is 0 Å². The summed E-state index contributed by atoms with van der Waals surface area (Å²) in [6.07, 6.45) is 1.70. The van der Waals surface area contributed by atoms with Crippen molar-refractivity contribution < 1.29 is 44.4 Å². The maximum Gasteiger partial charge on any atom is 0.312 e. The third-order valence-corrected chi connectivity index (χ3v) is 33.6. The van der Waals surface area contributed by atoms with Gasteiger partial charge >= 0.3 is 25.7 Å². The summed E-state index contributed by atoms with van der Waals surface area (Å²) in [7, 11) is -15.1. The van der Waals surface area contributed by atoms with Gasteiger partial charge in [-0.25, -0.2) is 0 Å². The molecule has 0 spiro atoms. The summed E-state index contributed by atoms with van der Waals surface area (Å²) < 4.78 is 50.2. The lowest BCUT2D eigenvalue weighted by atomic mass is 9.92. The van der Waals surface area contributed by atoms with Crippen molar-refractivity contribution in [1.29, 1.82) is 0 Å². The van der Waals surface area contributed by atoms with Gasteiger partial charge in [0.2, 0.25) is 0 Å². The van der Waals surface area contributed by atoms with Crippen LogP contribution in [0.15, 0.2) is 0 Å². The average molecular weight is 782 g/mol. The van der Waals surface area contributed by atoms with Gasteiger partial charge in [0.15, 0.2) is 33.3 Å². The van der Waals surface area contributed by atoms with E-state index in [2.05, 4.69) is 105 Å². The van der Waals surface area contributed by atoms with Crippen LogP contribution in [0.25, 0.3) is 0 Å². The first-order valence-corrected chi connectivity index (χ1v) is 39.2. The minimum atomic E-state index is -2.36. The van der Waals surface area contributed by atoms with E-state index in [9.17, 15) is 10.2 Å². The van der Waals surface area contributed by atoms with E-state index in [0.717, 1.165) is 24.9 Å². The van der Waals surface area contributed by atoms with Gasteiger partial charge in [-0.1, -0.05) is 0 Å². The molecule has 0 heterocycles. The normalized spacial score (nSPS) is 15.1. The van der Waals surface area contributed by atoms with Crippen LogP contribution >= 0.6 is 0 Å². The fourth-order valence-electron chi connectivity index (χ4n) is 5.23. The molecule has 10 nitrogen and oxygen atoms in total. The molecule has 0 bridgehead atoms. The van der Waals surface area contributed by atoms with Crippen molar-refractivity contribution in [1.82, 2.24) is 0 Å². The van der Waals surface area contributed by atoms with Crippen LogP contribution in [0.4, 0.5) is 0 Å². The Labute approximate surface area is 286 Å². The molecule has 0 atom stereocenters. The molecular weight excluding hydrogens is 709 g/mol. The number of hydrogen-bond acceptors (Lipinski definition) is 10. The summed E-state index contributed by atoms with van der Waals surface area (Å²) in [5.74, 6) is 0. The Morgan fingerprint density at radius 3 is 1.27 bits per heavy atom. The number of aliphatic hydroxyl groups is 2. The molecule has 0 amide bonds. The van der Waals surface area contributed by atoms with Gasteiger partial charge in [-0.05, 0) is 130 Å². The zero-order chi connectivity index (χ0) is 35.4. The molecule has 2 N–H and O–H groups in total. The van der Waals surface area contributed by atoms with Crippen LogP contribution in [-0.2, 0) is 34.2 Å². The smallest absolute Gasteiger partial charge is 0.312 e. The standard InChI is InChI=1S/C27H72O10Si8/c1-39(2,3)32-38-33-43(11,12)35-41(7,8)21-17-19-30-25-27(23-28,24-29)26-31-20-18-22-42(9,10)36-45(15,16)37-44(13,14)34-40(4,5)6/h28-29H,17-26,38H2,1-16H3. The van der Waals surface area contributed by atoms with E-state index in [0.29, 0.717) is 13.2 Å². The average Bonchev–Trinajstić information content (AvgIpc) is 2.77. The first-order valence-electron chi connectivity index (χ1n) is 16.5. The largest absolute Gasteiger partial charge is 0.441 e. The highest BCUT2D eigenvalue weighted by molar-refractivity contribution is 6.89. The maximum atomic E-state index is 10.1. The molecule has 0 rings (SSSR count). The van der Waals surface area contributed by atoms with Crippen LogP contribution in [-0.4, -0.2) is 119 Å². The van der Waals surface area contributed by atoms with Gasteiger partial charge in [0.05, 0.1) is 31.8 Å². The number of ether oxygens (including phenoxy) is 2. The Bertz CT molecular complexity index is 829. The van der Waals surface area contributed by atoms with E-state index in [1.54, 1.807) is 0 Å². The minimum absolute atomic E-state index is 0.201. The molecule has 0 aromatic rings. The summed E-state index contributed by atoms with van der Waals surface area (Å²) in [6, 6.07) is 1.88. The Hall–Kier alpha value is 1.34. The highest BCUT2D eigenvalue weighted by atomic mass is 28.5. The van der Waals surface area contributed by atoms with E-state index in [1.807, 2.05) is 0 Å². The maximum absolute atomic E-state index is 10.1. The molecule has 18 heteroatoms. The number of aliphatic hydroxyl groups excluding tert-OH is 2. The molecule has 0 saturated heterocycles. The van der Waals surface area contributed by atoms with Crippen molar-refractivity contribution in [3.8, 4) is 0 Å². The monoisotopic (exact) mass is 780 g/mol. The third-order valence-electron chi connectivity index (χ3n) is 6.61. The molecule has 0 fully saturated rings. The number of rotatable bonds is 26. The van der Waals surface area contributed by atoms with Gasteiger partial charge in [-0.3, -0.25) is 0 Å². The van der Waals surface area contributed by atoms with Gasteiger partial charge in [0, 0.05) is 13.2 Å². The Morgan fingerprint density at radius 1 is 0.489 bits per heavy atom. The topological polar surface area (TPSA) is 114 Å². The summed E-state index contributed by atoms with van der Waals surface area (Å²) in [6.45, 7) is 35.9. The molecule has 0 radical (unpaired) electrons. The van der Waals surface area contributed by atoms with E-state index in [1.165, 1.54) is 0 Å². The zero-order valence-electron chi connectivity index (χ0n) is 31.9. The summed E-state index contributed by atoms with van der Waals surface area (Å²) in [5.41, 5.74) is -0.827. The highest BCUT2D eigenvalue weighted by Gasteiger charge is 2.42. The molecule has 0 aliphatic heterocycles. The Morgan fingerprint density at radius 2 is 0.889 bits per heavy atom. The molecule has 0 aliphatic rings. The number of hydrogen-bond donors (Lipinski definition) is 2. The van der Waals surface area contributed by atoms with Gasteiger partial charge < -0.3 is 44.4 Å². The quantitative estimate of drug-likeness (QED) is 0.0795. The van der Waals surface area contributed by atoms with E-state index < -0.39 is 74.4 Å². The predicted molar refractivity (Wildman–Crippen MR) is 206 cm³/mol. The molecule has 0 unspecified atom stereocenters. The lowest BCUT2D eigenvalue weighted by Crippen LogP contribution is -2.55. The van der Waals surface area contributed by atoms with Gasteiger partial charge in [-0.15, -0.1) is 0 Å². The first-order chi connectivity index (χ1) is 20.1. The van der Waals surface area contributed by atoms with Gasteiger partial charge in [0.1, 0.15) is 0 Å². The fourth-order valence-corrected chi connectivity index (χ4v) is 34.5. The van der Waals surface area contributed by atoms with Crippen molar-refractivity contribution in [3.05, 3.63) is 0 Å². The molecule has 0 aliphatic carbocycles.